The van der Waals surface area contributed by atoms with E-state index in [1.54, 1.807) is 0 Å². The fourth-order valence-electron chi connectivity index (χ4n) is 5.15. The number of benzene rings is 1. The molecule has 5 atom stereocenters. The molecule has 1 saturated carbocycles. The van der Waals surface area contributed by atoms with Crippen molar-refractivity contribution in [3.05, 3.63) is 33.8 Å². The summed E-state index contributed by atoms with van der Waals surface area (Å²) in [5.41, 5.74) is 1.34. The van der Waals surface area contributed by atoms with Crippen LogP contribution in [0.3, 0.4) is 0 Å². The highest BCUT2D eigenvalue weighted by molar-refractivity contribution is 6.42. The zero-order chi connectivity index (χ0) is 16.1. The molecule has 2 nitrogen and oxygen atoms in total. The Bertz CT molecular complexity index is 587. The van der Waals surface area contributed by atoms with Gasteiger partial charge in [-0.1, -0.05) is 29.3 Å². The summed E-state index contributed by atoms with van der Waals surface area (Å²) in [5, 5.41) is 1.32. The predicted molar refractivity (Wildman–Crippen MR) is 95.4 cm³/mol. The number of fused-ring (bicyclic) bond motifs is 2. The Kier molecular flexibility index (Phi) is 4.38. The van der Waals surface area contributed by atoms with Crippen molar-refractivity contribution in [3.63, 3.8) is 0 Å². The van der Waals surface area contributed by atoms with Crippen LogP contribution >= 0.6 is 23.2 Å². The van der Waals surface area contributed by atoms with Gasteiger partial charge in [-0.15, -0.1) is 0 Å². The van der Waals surface area contributed by atoms with Crippen LogP contribution in [-0.2, 0) is 4.74 Å². The molecule has 2 bridgehead atoms. The summed E-state index contributed by atoms with van der Waals surface area (Å²) in [4.78, 5) is 2.62. The Morgan fingerprint density at radius 1 is 1.13 bits per heavy atom. The molecule has 0 spiro atoms. The van der Waals surface area contributed by atoms with Crippen molar-refractivity contribution < 1.29 is 4.74 Å². The molecule has 5 unspecified atom stereocenters. The van der Waals surface area contributed by atoms with Crippen LogP contribution in [0.1, 0.15) is 43.6 Å². The highest BCUT2D eigenvalue weighted by Gasteiger charge is 2.52. The van der Waals surface area contributed by atoms with Crippen LogP contribution in [0.2, 0.25) is 10.0 Å². The van der Waals surface area contributed by atoms with E-state index in [2.05, 4.69) is 24.1 Å². The lowest BCUT2D eigenvalue weighted by molar-refractivity contribution is -0.0320. The van der Waals surface area contributed by atoms with Crippen molar-refractivity contribution in [1.82, 2.24) is 4.90 Å². The Hall–Kier alpha value is -0.280. The lowest BCUT2D eigenvalue weighted by atomic mass is 9.72. The van der Waals surface area contributed by atoms with Gasteiger partial charge in [0.05, 0.1) is 16.1 Å². The Balaban J connectivity index is 1.71. The van der Waals surface area contributed by atoms with Crippen molar-refractivity contribution in [2.45, 2.75) is 56.2 Å². The smallest absolute Gasteiger partial charge is 0.0648 e. The average Bonchev–Trinajstić information content (AvgIpc) is 3.33. The van der Waals surface area contributed by atoms with Gasteiger partial charge in [-0.25, -0.2) is 0 Å². The zero-order valence-electron chi connectivity index (χ0n) is 13.8. The zero-order valence-corrected chi connectivity index (χ0v) is 15.4. The second-order valence-electron chi connectivity index (χ2n) is 7.59. The average molecular weight is 354 g/mol. The van der Waals surface area contributed by atoms with Crippen LogP contribution in [0.4, 0.5) is 0 Å². The van der Waals surface area contributed by atoms with Crippen molar-refractivity contribution in [2.75, 3.05) is 14.2 Å². The molecule has 2 heterocycles. The Morgan fingerprint density at radius 2 is 1.91 bits per heavy atom. The van der Waals surface area contributed by atoms with Crippen LogP contribution in [0.25, 0.3) is 0 Å². The van der Waals surface area contributed by atoms with E-state index in [4.69, 9.17) is 27.9 Å². The number of rotatable bonds is 4. The lowest BCUT2D eigenvalue weighted by Gasteiger charge is -2.46. The van der Waals surface area contributed by atoms with Gasteiger partial charge < -0.3 is 9.64 Å². The molecular weight excluding hydrogens is 329 g/mol. The normalized spacial score (nSPS) is 35.5. The number of hydrogen-bond acceptors (Lipinski definition) is 2. The molecule has 126 valence electrons. The maximum Gasteiger partial charge on any atom is 0.0648 e. The maximum absolute atomic E-state index is 6.31. The fraction of sp³-hybridized carbons (Fsp3) is 0.684. The third kappa shape index (κ3) is 2.82. The van der Waals surface area contributed by atoms with Gasteiger partial charge in [0.25, 0.3) is 0 Å². The molecule has 23 heavy (non-hydrogen) atoms. The highest BCUT2D eigenvalue weighted by Crippen LogP contribution is 2.52. The quantitative estimate of drug-likeness (QED) is 0.756. The largest absolute Gasteiger partial charge is 0.381 e. The summed E-state index contributed by atoms with van der Waals surface area (Å²) < 4.78 is 6.03. The van der Waals surface area contributed by atoms with Gasteiger partial charge in [0.1, 0.15) is 0 Å². The summed E-state index contributed by atoms with van der Waals surface area (Å²) in [5.74, 6) is 1.85. The molecule has 0 N–H and O–H groups in total. The fourth-order valence-corrected chi connectivity index (χ4v) is 5.45. The third-order valence-corrected chi connectivity index (χ3v) is 7.18. The first-order valence-corrected chi connectivity index (χ1v) is 9.55. The molecule has 4 heteroatoms. The third-order valence-electron chi connectivity index (χ3n) is 6.44. The van der Waals surface area contributed by atoms with Crippen molar-refractivity contribution in [1.29, 1.82) is 0 Å². The van der Waals surface area contributed by atoms with Crippen LogP contribution in [-0.4, -0.2) is 37.2 Å². The predicted octanol–water partition coefficient (Wildman–Crippen LogP) is 4.98. The van der Waals surface area contributed by atoms with Crippen molar-refractivity contribution in [3.8, 4) is 0 Å². The monoisotopic (exact) mass is 353 g/mol. The van der Waals surface area contributed by atoms with Crippen molar-refractivity contribution >= 4 is 23.2 Å². The summed E-state index contributed by atoms with van der Waals surface area (Å²) in [6.45, 7) is 0. The Labute approximate surface area is 149 Å². The molecule has 2 saturated heterocycles. The van der Waals surface area contributed by atoms with Gasteiger partial charge in [-0.05, 0) is 68.7 Å². The first-order chi connectivity index (χ1) is 11.1. The standard InChI is InChI=1S/C19H25Cl2NO/c1-22-13-6-8-17(22)18(19(23-2)11-3-4-11)14(10-13)12-5-7-15(20)16(21)9-12/h5,7,9,11,13-14,17-19H,3-4,6,8,10H2,1-2H3. The SMILES string of the molecule is COC(C1CC1)C1C(c2ccc(Cl)c(Cl)c2)CC2CCC1N2C. The highest BCUT2D eigenvalue weighted by atomic mass is 35.5. The van der Waals surface area contributed by atoms with Crippen LogP contribution in [0, 0.1) is 11.8 Å². The van der Waals surface area contributed by atoms with E-state index in [0.29, 0.717) is 40.1 Å². The summed E-state index contributed by atoms with van der Waals surface area (Å²) in [6, 6.07) is 7.56. The van der Waals surface area contributed by atoms with E-state index in [9.17, 15) is 0 Å². The molecule has 2 aliphatic heterocycles. The van der Waals surface area contributed by atoms with E-state index >= 15 is 0 Å². The maximum atomic E-state index is 6.31. The Morgan fingerprint density at radius 3 is 2.57 bits per heavy atom. The minimum absolute atomic E-state index is 0.376. The molecule has 1 aliphatic carbocycles. The number of ether oxygens (including phenoxy) is 1. The summed E-state index contributed by atoms with van der Waals surface area (Å²) in [6.07, 6.45) is 6.85. The number of piperidine rings is 1. The minimum Gasteiger partial charge on any atom is -0.381 e. The number of methoxy groups -OCH3 is 1. The van der Waals surface area contributed by atoms with Crippen LogP contribution in [0.5, 0.6) is 0 Å². The minimum atomic E-state index is 0.376. The number of halogens is 2. The first kappa shape index (κ1) is 16.2. The van der Waals surface area contributed by atoms with E-state index < -0.39 is 0 Å². The second kappa shape index (κ2) is 6.22. The second-order valence-corrected chi connectivity index (χ2v) is 8.41. The number of nitrogens with zero attached hydrogens (tertiary/aromatic N) is 1. The summed E-state index contributed by atoms with van der Waals surface area (Å²) in [7, 11) is 4.20. The molecule has 1 aromatic carbocycles. The van der Waals surface area contributed by atoms with Gasteiger partial charge in [-0.3, -0.25) is 0 Å². The molecule has 1 aromatic rings. The topological polar surface area (TPSA) is 12.5 Å². The van der Waals surface area contributed by atoms with Crippen LogP contribution < -0.4 is 0 Å². The van der Waals surface area contributed by atoms with Gasteiger partial charge in [0.15, 0.2) is 0 Å². The van der Waals surface area contributed by atoms with E-state index in [1.165, 1.54) is 37.7 Å². The molecular formula is C19H25Cl2NO. The molecule has 4 rings (SSSR count). The lowest BCUT2D eigenvalue weighted by Crippen LogP contribution is -2.51. The van der Waals surface area contributed by atoms with E-state index in [1.807, 2.05) is 13.2 Å². The van der Waals surface area contributed by atoms with E-state index in [0.717, 1.165) is 5.92 Å². The molecule has 0 aromatic heterocycles. The molecule has 3 fully saturated rings. The summed E-state index contributed by atoms with van der Waals surface area (Å²) >= 11 is 12.4. The molecule has 3 aliphatic rings. The van der Waals surface area contributed by atoms with Crippen LogP contribution in [0.15, 0.2) is 18.2 Å². The van der Waals surface area contributed by atoms with Gasteiger partial charge in [0.2, 0.25) is 0 Å². The van der Waals surface area contributed by atoms with Gasteiger partial charge in [0, 0.05) is 25.1 Å². The number of hydrogen-bond donors (Lipinski definition) is 0. The van der Waals surface area contributed by atoms with Gasteiger partial charge >= 0.3 is 0 Å². The first-order valence-electron chi connectivity index (χ1n) is 8.80. The van der Waals surface area contributed by atoms with Gasteiger partial charge in [-0.2, -0.15) is 0 Å². The molecule has 0 amide bonds. The van der Waals surface area contributed by atoms with E-state index in [-0.39, 0.29) is 0 Å². The molecule has 0 radical (unpaired) electrons. The van der Waals surface area contributed by atoms with Crippen molar-refractivity contribution in [2.24, 2.45) is 11.8 Å².